The van der Waals surface area contributed by atoms with Gasteiger partial charge in [0.15, 0.2) is 0 Å². The highest BCUT2D eigenvalue weighted by Gasteiger charge is 2.23. The molecule has 0 spiro atoms. The monoisotopic (exact) mass is 504 g/mol. The van der Waals surface area contributed by atoms with E-state index in [0.717, 1.165) is 0 Å². The minimum atomic E-state index is -0.617. The fraction of sp³-hybridized carbons (Fsp3) is 0. The van der Waals surface area contributed by atoms with Crippen molar-refractivity contribution in [3.63, 3.8) is 0 Å². The summed E-state index contributed by atoms with van der Waals surface area (Å²) in [7, 11) is 0.650. The first-order valence-electron chi connectivity index (χ1n) is 11.7. The van der Waals surface area contributed by atoms with E-state index >= 15 is 0 Å². The zero-order chi connectivity index (χ0) is 23.7. The summed E-state index contributed by atoms with van der Waals surface area (Å²) in [6, 6.07) is 55.1. The molecule has 3 heteroatoms. The van der Waals surface area contributed by atoms with E-state index in [1.165, 1.54) is 37.7 Å². The average molecular weight is 504 g/mol. The predicted molar refractivity (Wildman–Crippen MR) is 161 cm³/mol. The molecular formula is C32H27P3. The van der Waals surface area contributed by atoms with Gasteiger partial charge >= 0.3 is 0 Å². The number of hydrogen-bond acceptors (Lipinski definition) is 0. The van der Waals surface area contributed by atoms with E-state index < -0.39 is 7.61 Å². The van der Waals surface area contributed by atoms with Crippen LogP contribution in [0.15, 0.2) is 152 Å². The van der Waals surface area contributed by atoms with Crippen LogP contribution in [0.5, 0.6) is 0 Å². The lowest BCUT2D eigenvalue weighted by atomic mass is 10.1. The third kappa shape index (κ3) is 6.23. The van der Waals surface area contributed by atoms with Gasteiger partial charge in [0.25, 0.3) is 0 Å². The van der Waals surface area contributed by atoms with Crippen molar-refractivity contribution in [1.29, 1.82) is 0 Å². The maximum absolute atomic E-state index is 2.32. The Bertz CT molecular complexity index is 1350. The van der Waals surface area contributed by atoms with Gasteiger partial charge in [0, 0.05) is 5.31 Å². The average Bonchev–Trinajstić information content (AvgIpc) is 2.95. The largest absolute Gasteiger partial charge is 0.0622 e. The van der Waals surface area contributed by atoms with E-state index in [0.29, 0.717) is 16.9 Å². The lowest BCUT2D eigenvalue weighted by Gasteiger charge is -2.26. The molecule has 5 aromatic rings. The molecule has 0 bridgehead atoms. The summed E-state index contributed by atoms with van der Waals surface area (Å²) >= 11 is 0. The molecule has 0 aliphatic rings. The molecule has 35 heavy (non-hydrogen) atoms. The zero-order valence-electron chi connectivity index (χ0n) is 19.4. The minimum Gasteiger partial charge on any atom is -0.0622 e. The summed E-state index contributed by atoms with van der Waals surface area (Å²) in [5, 5.41) is 7.13. The highest BCUT2D eigenvalue weighted by Crippen LogP contribution is 2.67. The van der Waals surface area contributed by atoms with Crippen LogP contribution in [0.2, 0.25) is 0 Å². The fourth-order valence-electron chi connectivity index (χ4n) is 3.99. The molecule has 0 amide bonds. The fourth-order valence-corrected chi connectivity index (χ4v) is 11.5. The smallest absolute Gasteiger partial charge is 0.000407 e. The Balaban J connectivity index is 1.77. The molecule has 0 nitrogen and oxygen atoms in total. The first-order chi connectivity index (χ1) is 17.4. The molecule has 3 unspecified atom stereocenters. The van der Waals surface area contributed by atoms with Crippen LogP contribution >= 0.6 is 24.5 Å². The molecule has 0 saturated heterocycles. The quantitative estimate of drug-likeness (QED) is 0.147. The van der Waals surface area contributed by atoms with E-state index in [1.807, 2.05) is 0 Å². The van der Waals surface area contributed by atoms with Crippen molar-refractivity contribution in [3.8, 4) is 0 Å². The Morgan fingerprint density at radius 2 is 0.857 bits per heavy atom. The number of rotatable bonds is 8. The van der Waals surface area contributed by atoms with E-state index in [4.69, 9.17) is 0 Å². The Hall–Kier alpha value is -2.87. The molecule has 0 saturated carbocycles. The van der Waals surface area contributed by atoms with Gasteiger partial charge in [-0.05, 0) is 40.0 Å². The van der Waals surface area contributed by atoms with E-state index in [1.54, 1.807) is 0 Å². The lowest BCUT2D eigenvalue weighted by Crippen LogP contribution is -2.04. The van der Waals surface area contributed by atoms with Gasteiger partial charge in [-0.1, -0.05) is 169 Å². The third-order valence-corrected chi connectivity index (χ3v) is 12.7. The lowest BCUT2D eigenvalue weighted by molar-refractivity contribution is 1.63. The zero-order valence-corrected chi connectivity index (χ0v) is 22.3. The molecule has 0 aromatic heterocycles. The summed E-state index contributed by atoms with van der Waals surface area (Å²) in [4.78, 5) is 0. The van der Waals surface area contributed by atoms with Crippen LogP contribution in [-0.2, 0) is 0 Å². The van der Waals surface area contributed by atoms with E-state index in [-0.39, 0.29) is 0 Å². The van der Waals surface area contributed by atoms with Crippen LogP contribution in [0.3, 0.4) is 0 Å². The summed E-state index contributed by atoms with van der Waals surface area (Å²) < 4.78 is 0. The predicted octanol–water partition coefficient (Wildman–Crippen LogP) is 8.24. The molecule has 0 aliphatic carbocycles. The van der Waals surface area contributed by atoms with Crippen LogP contribution < -0.4 is 15.9 Å². The molecule has 0 heterocycles. The standard InChI is InChI=1S/C32H27P3/c1-6-16-26(17-7-1)31(33-28-20-10-3-11-21-28)32(27-18-8-2-9-19-27)35(30-24-14-5-15-25-30)34-29-22-12-4-13-23-29/h1-25,33-34H/b32-31+. The highest BCUT2D eigenvalue weighted by molar-refractivity contribution is 8.32. The topological polar surface area (TPSA) is 0 Å². The number of benzene rings is 5. The summed E-state index contributed by atoms with van der Waals surface area (Å²) in [5.74, 6) is 0. The van der Waals surface area contributed by atoms with Crippen LogP contribution in [0, 0.1) is 0 Å². The van der Waals surface area contributed by atoms with Crippen LogP contribution in [0.4, 0.5) is 0 Å². The second-order valence-corrected chi connectivity index (χ2v) is 13.9. The second-order valence-electron chi connectivity index (χ2n) is 8.10. The van der Waals surface area contributed by atoms with Crippen LogP contribution in [-0.4, -0.2) is 0 Å². The van der Waals surface area contributed by atoms with Gasteiger partial charge in [0.2, 0.25) is 0 Å². The summed E-state index contributed by atoms with van der Waals surface area (Å²) in [6.07, 6.45) is 0. The van der Waals surface area contributed by atoms with Gasteiger partial charge in [-0.2, -0.15) is 0 Å². The van der Waals surface area contributed by atoms with Crippen molar-refractivity contribution in [2.75, 3.05) is 0 Å². The van der Waals surface area contributed by atoms with E-state index in [2.05, 4.69) is 152 Å². The minimum absolute atomic E-state index is 0.578. The Labute approximate surface area is 213 Å². The number of hydrogen-bond donors (Lipinski definition) is 0. The van der Waals surface area contributed by atoms with Gasteiger partial charge < -0.3 is 0 Å². The van der Waals surface area contributed by atoms with Crippen molar-refractivity contribution in [2.45, 2.75) is 0 Å². The van der Waals surface area contributed by atoms with Gasteiger partial charge in [-0.25, -0.2) is 0 Å². The third-order valence-electron chi connectivity index (χ3n) is 5.64. The Morgan fingerprint density at radius 1 is 0.429 bits per heavy atom. The van der Waals surface area contributed by atoms with Gasteiger partial charge in [-0.3, -0.25) is 0 Å². The van der Waals surface area contributed by atoms with Crippen molar-refractivity contribution < 1.29 is 0 Å². The van der Waals surface area contributed by atoms with Crippen molar-refractivity contribution in [3.05, 3.63) is 163 Å². The first-order valence-corrected chi connectivity index (χ1v) is 15.9. The van der Waals surface area contributed by atoms with Crippen molar-refractivity contribution >= 4 is 51.0 Å². The molecular weight excluding hydrogens is 477 g/mol. The normalized spacial score (nSPS) is 13.3. The summed E-state index contributed by atoms with van der Waals surface area (Å²) in [5.41, 5.74) is 2.64. The maximum Gasteiger partial charge on any atom is 0.000407 e. The molecule has 0 fully saturated rings. The molecule has 0 aliphatic heterocycles. The molecule has 5 aromatic carbocycles. The Morgan fingerprint density at radius 3 is 1.40 bits per heavy atom. The molecule has 5 rings (SSSR count). The van der Waals surface area contributed by atoms with Crippen LogP contribution in [0.25, 0.3) is 10.6 Å². The highest BCUT2D eigenvalue weighted by atomic mass is 32.0. The second kappa shape index (κ2) is 12.2. The van der Waals surface area contributed by atoms with Gasteiger partial charge in [-0.15, -0.1) is 0 Å². The van der Waals surface area contributed by atoms with E-state index in [9.17, 15) is 0 Å². The maximum atomic E-state index is 2.32. The summed E-state index contributed by atoms with van der Waals surface area (Å²) in [6.45, 7) is 0. The molecule has 170 valence electrons. The SMILES string of the molecule is c1ccc(P/C(=C(\c2ccccc2)P(Pc2ccccc2)c2ccccc2)c2ccccc2)cc1. The van der Waals surface area contributed by atoms with Crippen molar-refractivity contribution in [1.82, 2.24) is 0 Å². The Kier molecular flexibility index (Phi) is 8.31. The van der Waals surface area contributed by atoms with Crippen molar-refractivity contribution in [2.24, 2.45) is 0 Å². The molecule has 0 N–H and O–H groups in total. The van der Waals surface area contributed by atoms with Crippen LogP contribution in [0.1, 0.15) is 11.1 Å². The van der Waals surface area contributed by atoms with Gasteiger partial charge in [0.1, 0.15) is 0 Å². The first kappa shape index (κ1) is 23.9. The molecule has 3 atom stereocenters. The van der Waals surface area contributed by atoms with Gasteiger partial charge in [0.05, 0.1) is 0 Å². The molecule has 0 radical (unpaired) electrons.